The van der Waals surface area contributed by atoms with Crippen molar-refractivity contribution in [2.75, 3.05) is 0 Å². The molecule has 3 heterocycles. The minimum atomic E-state index is -1.11. The van der Waals surface area contributed by atoms with Gasteiger partial charge >= 0.3 is 5.97 Å². The van der Waals surface area contributed by atoms with Crippen molar-refractivity contribution in [1.82, 2.24) is 20.0 Å². The molecule has 6 nitrogen and oxygen atoms in total. The van der Waals surface area contributed by atoms with Gasteiger partial charge in [-0.25, -0.2) is 9.48 Å². The normalized spacial score (nSPS) is 10.7. The third-order valence-electron chi connectivity index (χ3n) is 2.86. The van der Waals surface area contributed by atoms with E-state index in [9.17, 15) is 9.90 Å². The monoisotopic (exact) mass is 364 g/mol. The average molecular weight is 365 g/mol. The second kappa shape index (κ2) is 5.74. The number of carboxylic acid groups (broad SMARTS) is 1. The fraction of sp³-hybridized carbons (Fsp3) is 0.0769. The number of hydrogen-bond acceptors (Lipinski definition) is 5. The molecule has 1 N–H and O–H groups in total. The first-order valence-corrected chi connectivity index (χ1v) is 7.63. The van der Waals surface area contributed by atoms with E-state index >= 15 is 0 Å². The highest BCUT2D eigenvalue weighted by Gasteiger charge is 2.21. The molecule has 3 rings (SSSR count). The van der Waals surface area contributed by atoms with Crippen molar-refractivity contribution >= 4 is 33.2 Å². The van der Waals surface area contributed by atoms with Crippen molar-refractivity contribution in [1.29, 1.82) is 0 Å². The number of nitrogens with zero attached hydrogens (tertiary/aromatic N) is 4. The smallest absolute Gasteiger partial charge is 0.358 e. The van der Waals surface area contributed by atoms with Gasteiger partial charge in [-0.3, -0.25) is 4.98 Å². The maximum atomic E-state index is 11.3. The second-order valence-corrected chi connectivity index (χ2v) is 6.04. The summed E-state index contributed by atoms with van der Waals surface area (Å²) in [4.78, 5) is 16.4. The van der Waals surface area contributed by atoms with Gasteiger partial charge in [0.25, 0.3) is 0 Å². The molecule has 0 saturated heterocycles. The Labute approximate surface area is 132 Å². The van der Waals surface area contributed by atoms with Crippen LogP contribution in [0.3, 0.4) is 0 Å². The Morgan fingerprint density at radius 1 is 1.43 bits per heavy atom. The molecule has 0 radical (unpaired) electrons. The van der Waals surface area contributed by atoms with Crippen LogP contribution in [0.5, 0.6) is 0 Å². The summed E-state index contributed by atoms with van der Waals surface area (Å²) in [6.07, 6.45) is 3.24. The summed E-state index contributed by atoms with van der Waals surface area (Å²) in [6.45, 7) is 0.447. The number of thiophene rings is 1. The predicted molar refractivity (Wildman–Crippen MR) is 81.3 cm³/mol. The third kappa shape index (κ3) is 2.72. The van der Waals surface area contributed by atoms with Crippen LogP contribution < -0.4 is 0 Å². The number of hydrogen-bond donors (Lipinski definition) is 1. The molecular formula is C13H9BrN4O2S. The Balaban J connectivity index is 2.09. The molecule has 0 bridgehead atoms. The first kappa shape index (κ1) is 13.9. The molecule has 0 fully saturated rings. The molecule has 21 heavy (non-hydrogen) atoms. The molecule has 0 saturated carbocycles. The van der Waals surface area contributed by atoms with Crippen LogP contribution in [0.2, 0.25) is 0 Å². The van der Waals surface area contributed by atoms with Gasteiger partial charge in [-0.05, 0) is 39.5 Å². The summed E-state index contributed by atoms with van der Waals surface area (Å²) in [5.74, 6) is -1.11. The van der Waals surface area contributed by atoms with Crippen LogP contribution in [0.25, 0.3) is 11.3 Å². The van der Waals surface area contributed by atoms with E-state index in [1.807, 2.05) is 11.4 Å². The molecule has 8 heteroatoms. The number of carbonyl (C=O) groups is 1. The maximum Gasteiger partial charge on any atom is 0.358 e. The molecule has 0 unspecified atom stereocenters. The van der Waals surface area contributed by atoms with Crippen molar-refractivity contribution in [3.05, 3.63) is 51.0 Å². The van der Waals surface area contributed by atoms with Crippen molar-refractivity contribution in [3.63, 3.8) is 0 Å². The fourth-order valence-electron chi connectivity index (χ4n) is 1.93. The van der Waals surface area contributed by atoms with E-state index in [-0.39, 0.29) is 5.69 Å². The predicted octanol–water partition coefficient (Wildman–Crippen LogP) is 2.91. The topological polar surface area (TPSA) is 80.9 Å². The first-order chi connectivity index (χ1) is 10.2. The van der Waals surface area contributed by atoms with E-state index in [4.69, 9.17) is 0 Å². The summed E-state index contributed by atoms with van der Waals surface area (Å²) in [7, 11) is 0. The van der Waals surface area contributed by atoms with Crippen LogP contribution in [0, 0.1) is 0 Å². The first-order valence-electron chi connectivity index (χ1n) is 5.96. The molecule has 0 aliphatic carbocycles. The van der Waals surface area contributed by atoms with Crippen LogP contribution in [-0.4, -0.2) is 31.1 Å². The van der Waals surface area contributed by atoms with Gasteiger partial charge in [-0.15, -0.1) is 16.4 Å². The highest BCUT2D eigenvalue weighted by molar-refractivity contribution is 9.10. The number of aromatic nitrogens is 4. The van der Waals surface area contributed by atoms with Gasteiger partial charge in [0.2, 0.25) is 0 Å². The van der Waals surface area contributed by atoms with Crippen LogP contribution >= 0.6 is 27.3 Å². The van der Waals surface area contributed by atoms with Gasteiger partial charge < -0.3 is 5.11 Å². The second-order valence-electron chi connectivity index (χ2n) is 4.18. The lowest BCUT2D eigenvalue weighted by molar-refractivity contribution is 0.0691. The Kier molecular flexibility index (Phi) is 3.80. The summed E-state index contributed by atoms with van der Waals surface area (Å²) < 4.78 is 2.55. The van der Waals surface area contributed by atoms with E-state index in [1.165, 1.54) is 0 Å². The van der Waals surface area contributed by atoms with Gasteiger partial charge in [-0.2, -0.15) is 0 Å². The highest BCUT2D eigenvalue weighted by atomic mass is 79.9. The number of aromatic carboxylic acids is 1. The lowest BCUT2D eigenvalue weighted by Gasteiger charge is -2.06. The van der Waals surface area contributed by atoms with Gasteiger partial charge in [-0.1, -0.05) is 5.21 Å². The zero-order valence-corrected chi connectivity index (χ0v) is 13.0. The summed E-state index contributed by atoms with van der Waals surface area (Å²) in [5.41, 5.74) is 1.05. The van der Waals surface area contributed by atoms with E-state index in [0.29, 0.717) is 17.8 Å². The van der Waals surface area contributed by atoms with E-state index in [1.54, 1.807) is 40.5 Å². The van der Waals surface area contributed by atoms with Crippen molar-refractivity contribution in [2.45, 2.75) is 6.54 Å². The van der Waals surface area contributed by atoms with Gasteiger partial charge in [0.15, 0.2) is 5.69 Å². The standard InChI is InChI=1S/C13H9BrN4O2S/c14-9-3-5-21-10(9)7-18-12(8-2-1-4-15-6-8)11(13(19)20)16-17-18/h1-6H,7H2,(H,19,20). The van der Waals surface area contributed by atoms with Gasteiger partial charge in [0.1, 0.15) is 5.69 Å². The van der Waals surface area contributed by atoms with Crippen molar-refractivity contribution < 1.29 is 9.90 Å². The fourth-order valence-corrected chi connectivity index (χ4v) is 3.39. The Morgan fingerprint density at radius 2 is 2.29 bits per heavy atom. The van der Waals surface area contributed by atoms with Crippen molar-refractivity contribution in [2.24, 2.45) is 0 Å². The molecule has 3 aromatic rings. The highest BCUT2D eigenvalue weighted by Crippen LogP contribution is 2.27. The Morgan fingerprint density at radius 3 is 2.90 bits per heavy atom. The average Bonchev–Trinajstić information content (AvgIpc) is 3.07. The summed E-state index contributed by atoms with van der Waals surface area (Å²) in [6, 6.07) is 5.48. The largest absolute Gasteiger partial charge is 0.476 e. The van der Waals surface area contributed by atoms with Gasteiger partial charge in [0, 0.05) is 27.3 Å². The molecule has 0 atom stereocenters. The van der Waals surface area contributed by atoms with E-state index < -0.39 is 5.97 Å². The van der Waals surface area contributed by atoms with Crippen molar-refractivity contribution in [3.8, 4) is 11.3 Å². The molecule has 0 aliphatic rings. The number of carboxylic acids is 1. The number of halogens is 1. The SMILES string of the molecule is O=C(O)c1nnn(Cc2sccc2Br)c1-c1cccnc1. The van der Waals surface area contributed by atoms with Crippen LogP contribution in [0.15, 0.2) is 40.4 Å². The Hall–Kier alpha value is -2.06. The molecular weight excluding hydrogens is 356 g/mol. The third-order valence-corrected chi connectivity index (χ3v) is 4.77. The minimum absolute atomic E-state index is 0.0734. The molecule has 0 amide bonds. The van der Waals surface area contributed by atoms with E-state index in [0.717, 1.165) is 9.35 Å². The maximum absolute atomic E-state index is 11.3. The summed E-state index contributed by atoms with van der Waals surface area (Å²) >= 11 is 5.03. The summed E-state index contributed by atoms with van der Waals surface area (Å²) in [5, 5.41) is 19.0. The zero-order valence-electron chi connectivity index (χ0n) is 10.6. The quantitative estimate of drug-likeness (QED) is 0.769. The number of rotatable bonds is 4. The van der Waals surface area contributed by atoms with Crippen LogP contribution in [-0.2, 0) is 6.54 Å². The zero-order chi connectivity index (χ0) is 14.8. The van der Waals surface area contributed by atoms with Crippen LogP contribution in [0.4, 0.5) is 0 Å². The molecule has 3 aromatic heterocycles. The van der Waals surface area contributed by atoms with E-state index in [2.05, 4.69) is 31.2 Å². The lowest BCUT2D eigenvalue weighted by atomic mass is 10.1. The van der Waals surface area contributed by atoms with Crippen LogP contribution in [0.1, 0.15) is 15.4 Å². The Bertz CT molecular complexity index is 785. The molecule has 0 aliphatic heterocycles. The minimum Gasteiger partial charge on any atom is -0.476 e. The number of pyridine rings is 1. The van der Waals surface area contributed by atoms with Gasteiger partial charge in [0.05, 0.1) is 6.54 Å². The molecule has 106 valence electrons. The molecule has 0 aromatic carbocycles. The molecule has 0 spiro atoms. The lowest BCUT2D eigenvalue weighted by Crippen LogP contribution is -2.05.